The fraction of sp³-hybridized carbons (Fsp3) is 0.471. The first-order chi connectivity index (χ1) is 11.7. The van der Waals surface area contributed by atoms with Crippen LogP contribution in [-0.4, -0.2) is 46.7 Å². The Morgan fingerprint density at radius 1 is 1.17 bits per heavy atom. The van der Waals surface area contributed by atoms with E-state index in [0.717, 1.165) is 24.7 Å². The van der Waals surface area contributed by atoms with Gasteiger partial charge in [-0.3, -0.25) is 9.36 Å². The minimum atomic E-state index is -0.266. The molecule has 7 heteroatoms. The lowest BCUT2D eigenvalue weighted by Gasteiger charge is -2.27. The topological polar surface area (TPSA) is 60.2 Å². The van der Waals surface area contributed by atoms with Crippen LogP contribution in [0.4, 0.5) is 5.95 Å². The number of anilines is 1. The number of carbonyl (C=O) groups is 1. The number of aromatic nitrogens is 3. The van der Waals surface area contributed by atoms with Gasteiger partial charge in [0, 0.05) is 13.1 Å². The van der Waals surface area contributed by atoms with Crippen molar-refractivity contribution in [2.24, 2.45) is 0 Å². The van der Waals surface area contributed by atoms with Crippen molar-refractivity contribution in [3.05, 3.63) is 29.8 Å². The number of esters is 1. The van der Waals surface area contributed by atoms with Crippen molar-refractivity contribution in [3.8, 4) is 5.69 Å². The van der Waals surface area contributed by atoms with E-state index in [9.17, 15) is 4.79 Å². The number of ether oxygens (including phenoxy) is 1. The van der Waals surface area contributed by atoms with Crippen LogP contribution in [0.2, 0.25) is 0 Å². The van der Waals surface area contributed by atoms with Gasteiger partial charge >= 0.3 is 5.97 Å². The molecule has 3 rings (SSSR count). The van der Waals surface area contributed by atoms with Crippen LogP contribution >= 0.6 is 11.8 Å². The van der Waals surface area contributed by atoms with E-state index in [0.29, 0.717) is 5.16 Å². The van der Waals surface area contributed by atoms with Crippen LogP contribution in [-0.2, 0) is 9.53 Å². The van der Waals surface area contributed by atoms with E-state index < -0.39 is 0 Å². The summed E-state index contributed by atoms with van der Waals surface area (Å²) in [5.41, 5.74) is 2.22. The summed E-state index contributed by atoms with van der Waals surface area (Å²) in [5.74, 6) is 0.810. The molecule has 1 aromatic heterocycles. The average molecular weight is 346 g/mol. The SMILES string of the molecule is COC(=O)CSc1nnc(N2CCCCC2)n1-c1ccc(C)cc1. The zero-order chi connectivity index (χ0) is 16.9. The van der Waals surface area contributed by atoms with Crippen molar-refractivity contribution in [2.75, 3.05) is 30.9 Å². The van der Waals surface area contributed by atoms with Crippen molar-refractivity contribution >= 4 is 23.7 Å². The Kier molecular flexibility index (Phi) is 5.40. The fourth-order valence-corrected chi connectivity index (χ4v) is 3.54. The summed E-state index contributed by atoms with van der Waals surface area (Å²) in [7, 11) is 1.40. The predicted molar refractivity (Wildman–Crippen MR) is 94.9 cm³/mol. The highest BCUT2D eigenvalue weighted by atomic mass is 32.2. The van der Waals surface area contributed by atoms with Crippen molar-refractivity contribution in [1.29, 1.82) is 0 Å². The summed E-state index contributed by atoms with van der Waals surface area (Å²) < 4.78 is 6.77. The van der Waals surface area contributed by atoms with Gasteiger partial charge in [-0.05, 0) is 38.3 Å². The van der Waals surface area contributed by atoms with Gasteiger partial charge in [0.1, 0.15) is 0 Å². The molecule has 0 unspecified atom stereocenters. The average Bonchev–Trinajstić information content (AvgIpc) is 3.05. The van der Waals surface area contributed by atoms with Crippen molar-refractivity contribution < 1.29 is 9.53 Å². The first kappa shape index (κ1) is 16.8. The van der Waals surface area contributed by atoms with Crippen LogP contribution in [0.5, 0.6) is 0 Å². The third-order valence-electron chi connectivity index (χ3n) is 4.09. The number of carbonyl (C=O) groups excluding carboxylic acids is 1. The molecule has 24 heavy (non-hydrogen) atoms. The summed E-state index contributed by atoms with van der Waals surface area (Å²) in [6.45, 7) is 4.05. The largest absolute Gasteiger partial charge is 0.468 e. The molecule has 0 radical (unpaired) electrons. The quantitative estimate of drug-likeness (QED) is 0.613. The standard InChI is InChI=1S/C17H22N4O2S/c1-13-6-8-14(9-7-13)21-16(20-10-4-3-5-11-20)18-19-17(21)24-12-15(22)23-2/h6-9H,3-5,10-12H2,1-2H3. The lowest BCUT2D eigenvalue weighted by atomic mass is 10.1. The lowest BCUT2D eigenvalue weighted by molar-refractivity contribution is -0.137. The molecule has 2 aromatic rings. The van der Waals surface area contributed by atoms with Gasteiger partial charge in [0.2, 0.25) is 5.95 Å². The molecule has 0 bridgehead atoms. The number of hydrogen-bond acceptors (Lipinski definition) is 6. The first-order valence-corrected chi connectivity index (χ1v) is 9.14. The maximum atomic E-state index is 11.5. The highest BCUT2D eigenvalue weighted by molar-refractivity contribution is 7.99. The van der Waals surface area contributed by atoms with Crippen LogP contribution in [0, 0.1) is 6.92 Å². The summed E-state index contributed by atoms with van der Waals surface area (Å²) in [5, 5.41) is 9.44. The minimum absolute atomic E-state index is 0.223. The second-order valence-corrected chi connectivity index (χ2v) is 6.81. The van der Waals surface area contributed by atoms with Gasteiger partial charge in [0.15, 0.2) is 5.16 Å². The molecule has 0 aliphatic carbocycles. The van der Waals surface area contributed by atoms with Gasteiger partial charge in [-0.15, -0.1) is 10.2 Å². The number of thioether (sulfide) groups is 1. The molecule has 6 nitrogen and oxygen atoms in total. The van der Waals surface area contributed by atoms with Crippen molar-refractivity contribution in [3.63, 3.8) is 0 Å². The van der Waals surface area contributed by atoms with Crippen LogP contribution in [0.15, 0.2) is 29.4 Å². The van der Waals surface area contributed by atoms with Gasteiger partial charge < -0.3 is 9.64 Å². The second kappa shape index (κ2) is 7.70. The molecule has 0 atom stereocenters. The van der Waals surface area contributed by atoms with Gasteiger partial charge in [-0.1, -0.05) is 29.5 Å². The zero-order valence-electron chi connectivity index (χ0n) is 14.1. The second-order valence-electron chi connectivity index (χ2n) is 5.87. The van der Waals surface area contributed by atoms with Gasteiger partial charge in [0.25, 0.3) is 0 Å². The third-order valence-corrected chi connectivity index (χ3v) is 5.00. The maximum absolute atomic E-state index is 11.5. The van der Waals surface area contributed by atoms with E-state index in [2.05, 4.69) is 46.3 Å². The molecule has 1 aliphatic rings. The molecule has 128 valence electrons. The predicted octanol–water partition coefficient (Wildman–Crippen LogP) is 2.83. The molecular formula is C17H22N4O2S. The molecule has 1 saturated heterocycles. The number of benzene rings is 1. The Labute approximate surface area is 146 Å². The number of rotatable bonds is 5. The number of nitrogens with zero attached hydrogens (tertiary/aromatic N) is 4. The van der Waals surface area contributed by atoms with E-state index in [1.54, 1.807) is 0 Å². The zero-order valence-corrected chi connectivity index (χ0v) is 14.9. The number of piperidine rings is 1. The van der Waals surface area contributed by atoms with E-state index >= 15 is 0 Å². The Morgan fingerprint density at radius 3 is 2.54 bits per heavy atom. The smallest absolute Gasteiger partial charge is 0.316 e. The van der Waals surface area contributed by atoms with E-state index in [1.165, 1.54) is 43.7 Å². The number of hydrogen-bond donors (Lipinski definition) is 0. The summed E-state index contributed by atoms with van der Waals surface area (Å²) in [6, 6.07) is 8.27. The summed E-state index contributed by atoms with van der Waals surface area (Å²) in [6.07, 6.45) is 3.61. The van der Waals surface area contributed by atoms with Crippen LogP contribution in [0.25, 0.3) is 5.69 Å². The van der Waals surface area contributed by atoms with E-state index in [1.807, 2.05) is 4.57 Å². The minimum Gasteiger partial charge on any atom is -0.468 e. The van der Waals surface area contributed by atoms with Crippen molar-refractivity contribution in [2.45, 2.75) is 31.3 Å². The number of methoxy groups -OCH3 is 1. The molecule has 0 saturated carbocycles. The monoisotopic (exact) mass is 346 g/mol. The Hall–Kier alpha value is -2.02. The Balaban J connectivity index is 1.94. The lowest BCUT2D eigenvalue weighted by Crippen LogP contribution is -2.31. The summed E-state index contributed by atoms with van der Waals surface area (Å²) >= 11 is 1.35. The first-order valence-electron chi connectivity index (χ1n) is 8.16. The highest BCUT2D eigenvalue weighted by Gasteiger charge is 2.22. The molecule has 2 heterocycles. The normalized spacial score (nSPS) is 14.7. The third kappa shape index (κ3) is 3.72. The molecule has 1 aliphatic heterocycles. The molecule has 0 N–H and O–H groups in total. The Morgan fingerprint density at radius 2 is 1.88 bits per heavy atom. The highest BCUT2D eigenvalue weighted by Crippen LogP contribution is 2.28. The van der Waals surface area contributed by atoms with E-state index in [-0.39, 0.29) is 11.7 Å². The van der Waals surface area contributed by atoms with E-state index in [4.69, 9.17) is 4.74 Å². The van der Waals surface area contributed by atoms with Gasteiger partial charge in [0.05, 0.1) is 18.6 Å². The van der Waals surface area contributed by atoms with Crippen molar-refractivity contribution in [1.82, 2.24) is 14.8 Å². The molecule has 0 spiro atoms. The molecular weight excluding hydrogens is 324 g/mol. The molecule has 1 fully saturated rings. The van der Waals surface area contributed by atoms with Crippen LogP contribution < -0.4 is 4.90 Å². The Bertz CT molecular complexity index is 693. The van der Waals surface area contributed by atoms with Crippen LogP contribution in [0.3, 0.4) is 0 Å². The fourth-order valence-electron chi connectivity index (χ4n) is 2.76. The summed E-state index contributed by atoms with van der Waals surface area (Å²) in [4.78, 5) is 13.8. The van der Waals surface area contributed by atoms with Crippen LogP contribution in [0.1, 0.15) is 24.8 Å². The number of aryl methyl sites for hydroxylation is 1. The molecule has 1 aromatic carbocycles. The van der Waals surface area contributed by atoms with Gasteiger partial charge in [-0.25, -0.2) is 0 Å². The maximum Gasteiger partial charge on any atom is 0.316 e. The van der Waals surface area contributed by atoms with Gasteiger partial charge in [-0.2, -0.15) is 0 Å². The molecule has 0 amide bonds.